The molecule has 0 aromatic heterocycles. The Bertz CT molecular complexity index is 687. The molecule has 0 aromatic carbocycles. The molecule has 1 aliphatic carbocycles. The minimum Gasteiger partial charge on any atom is -0.393 e. The number of rotatable bonds is 8. The smallest absolute Gasteiger partial charge is 0.393 e. The molecule has 0 aliphatic heterocycles. The first-order valence-corrected chi connectivity index (χ1v) is 9.95. The number of halogens is 6. The number of aliphatic hydroxyl groups excluding tert-OH is 2. The van der Waals surface area contributed by atoms with Crippen LogP contribution in [-0.4, -0.2) is 45.5 Å². The predicted octanol–water partition coefficient (Wildman–Crippen LogP) is 5.54. The standard InChI is InChI=1S/C22H30F6O3/c1-15-16(13-17(29)14-18(15)30)9-6-4-5-7-10-19(2,3)11-8-12-20(31,21(23,24)25)22(26,27)28/h4,6,8-9,12,17-18,29-31H,1,5,7,10-11,13-14H2,2-3H3/t17-,18+/m1/s1. The van der Waals surface area contributed by atoms with Gasteiger partial charge in [0.25, 0.3) is 5.60 Å². The normalized spacial score (nSPS) is 23.5. The summed E-state index contributed by atoms with van der Waals surface area (Å²) in [6.45, 7) is 7.25. The molecule has 3 nitrogen and oxygen atoms in total. The first-order valence-electron chi connectivity index (χ1n) is 9.95. The van der Waals surface area contributed by atoms with Crippen LogP contribution in [0.3, 0.4) is 0 Å². The Kier molecular flexibility index (Phi) is 9.17. The van der Waals surface area contributed by atoms with Crippen LogP contribution in [0.25, 0.3) is 0 Å². The van der Waals surface area contributed by atoms with Crippen LogP contribution in [-0.2, 0) is 0 Å². The van der Waals surface area contributed by atoms with Gasteiger partial charge in [0.2, 0.25) is 0 Å². The van der Waals surface area contributed by atoms with Crippen molar-refractivity contribution in [1.29, 1.82) is 0 Å². The molecule has 178 valence electrons. The zero-order valence-corrected chi connectivity index (χ0v) is 17.6. The molecule has 0 bridgehead atoms. The average Bonchev–Trinajstić information content (AvgIpc) is 2.59. The molecule has 1 fully saturated rings. The maximum absolute atomic E-state index is 12.7. The van der Waals surface area contributed by atoms with E-state index in [1.54, 1.807) is 26.0 Å². The second-order valence-corrected chi connectivity index (χ2v) is 8.68. The van der Waals surface area contributed by atoms with E-state index in [9.17, 15) is 36.6 Å². The first-order chi connectivity index (χ1) is 14.0. The number of allylic oxidation sites excluding steroid dienone is 4. The third-order valence-electron chi connectivity index (χ3n) is 5.32. The van der Waals surface area contributed by atoms with Crippen LogP contribution in [0.2, 0.25) is 0 Å². The molecule has 0 heterocycles. The summed E-state index contributed by atoms with van der Waals surface area (Å²) in [6, 6.07) is 0. The molecule has 1 aliphatic rings. The quantitative estimate of drug-likeness (QED) is 0.255. The van der Waals surface area contributed by atoms with Gasteiger partial charge in [-0.15, -0.1) is 0 Å². The molecule has 1 saturated carbocycles. The topological polar surface area (TPSA) is 60.7 Å². The Balaban J connectivity index is 2.57. The van der Waals surface area contributed by atoms with Gasteiger partial charge in [-0.3, -0.25) is 0 Å². The fraction of sp³-hybridized carbons (Fsp3) is 0.636. The van der Waals surface area contributed by atoms with Gasteiger partial charge in [-0.2, -0.15) is 26.3 Å². The molecule has 0 spiro atoms. The van der Waals surface area contributed by atoms with Crippen LogP contribution in [0.15, 0.2) is 48.1 Å². The molecular formula is C22H30F6O3. The molecule has 0 unspecified atom stereocenters. The minimum atomic E-state index is -5.86. The maximum Gasteiger partial charge on any atom is 0.429 e. The summed E-state index contributed by atoms with van der Waals surface area (Å²) in [6.07, 6.45) is -4.81. The highest BCUT2D eigenvalue weighted by Gasteiger charge is 2.68. The summed E-state index contributed by atoms with van der Waals surface area (Å²) in [7, 11) is 0. The first kappa shape index (κ1) is 27.5. The van der Waals surface area contributed by atoms with Crippen LogP contribution in [0.4, 0.5) is 26.3 Å². The molecule has 2 atom stereocenters. The fourth-order valence-electron chi connectivity index (χ4n) is 3.24. The van der Waals surface area contributed by atoms with Gasteiger partial charge in [0.15, 0.2) is 0 Å². The molecule has 3 N–H and O–H groups in total. The van der Waals surface area contributed by atoms with E-state index in [1.165, 1.54) is 0 Å². The molecule has 0 aromatic rings. The summed E-state index contributed by atoms with van der Waals surface area (Å²) in [4.78, 5) is 0. The number of unbranched alkanes of at least 4 members (excludes halogenated alkanes) is 1. The van der Waals surface area contributed by atoms with Gasteiger partial charge < -0.3 is 15.3 Å². The minimum absolute atomic E-state index is 0.0646. The molecular weight excluding hydrogens is 426 g/mol. The average molecular weight is 456 g/mol. The van der Waals surface area contributed by atoms with Crippen molar-refractivity contribution in [1.82, 2.24) is 0 Å². The van der Waals surface area contributed by atoms with E-state index in [0.29, 0.717) is 31.3 Å². The van der Waals surface area contributed by atoms with Gasteiger partial charge in [0.1, 0.15) is 0 Å². The molecule has 9 heteroatoms. The highest BCUT2D eigenvalue weighted by molar-refractivity contribution is 5.37. The SMILES string of the molecule is C=C1C(=CC=CCCCC(C)(C)CC=CC(O)(C(F)(F)F)C(F)(F)F)C[C@@H](O)C[C@@H]1O. The lowest BCUT2D eigenvalue weighted by Gasteiger charge is -2.30. The summed E-state index contributed by atoms with van der Waals surface area (Å²) < 4.78 is 76.1. The zero-order valence-electron chi connectivity index (χ0n) is 17.6. The van der Waals surface area contributed by atoms with Crippen molar-refractivity contribution in [3.63, 3.8) is 0 Å². The van der Waals surface area contributed by atoms with Crippen molar-refractivity contribution in [2.75, 3.05) is 0 Å². The van der Waals surface area contributed by atoms with Crippen LogP contribution >= 0.6 is 0 Å². The van der Waals surface area contributed by atoms with E-state index in [4.69, 9.17) is 5.11 Å². The number of alkyl halides is 6. The second-order valence-electron chi connectivity index (χ2n) is 8.68. The number of aliphatic hydroxyl groups is 3. The van der Waals surface area contributed by atoms with Crippen molar-refractivity contribution in [3.8, 4) is 0 Å². The van der Waals surface area contributed by atoms with Crippen molar-refractivity contribution >= 4 is 0 Å². The van der Waals surface area contributed by atoms with Crippen LogP contribution < -0.4 is 0 Å². The van der Waals surface area contributed by atoms with Crippen molar-refractivity contribution < 1.29 is 41.7 Å². The van der Waals surface area contributed by atoms with E-state index in [1.807, 2.05) is 6.08 Å². The van der Waals surface area contributed by atoms with Crippen LogP contribution in [0, 0.1) is 5.41 Å². The van der Waals surface area contributed by atoms with Crippen molar-refractivity contribution in [2.24, 2.45) is 5.41 Å². The fourth-order valence-corrected chi connectivity index (χ4v) is 3.24. The van der Waals surface area contributed by atoms with Gasteiger partial charge in [-0.1, -0.05) is 44.7 Å². The highest BCUT2D eigenvalue weighted by atomic mass is 19.4. The summed E-state index contributed by atoms with van der Waals surface area (Å²) in [5.74, 6) is 0. The Labute approximate surface area is 178 Å². The van der Waals surface area contributed by atoms with Gasteiger partial charge in [0, 0.05) is 6.42 Å². The monoisotopic (exact) mass is 456 g/mol. The van der Waals surface area contributed by atoms with E-state index < -0.39 is 35.6 Å². The van der Waals surface area contributed by atoms with Crippen molar-refractivity contribution in [2.45, 2.75) is 82.5 Å². The second kappa shape index (κ2) is 10.4. The molecule has 0 amide bonds. The van der Waals surface area contributed by atoms with E-state index in [-0.39, 0.29) is 18.9 Å². The Morgan fingerprint density at radius 1 is 1.03 bits per heavy atom. The predicted molar refractivity (Wildman–Crippen MR) is 106 cm³/mol. The lowest BCUT2D eigenvalue weighted by molar-refractivity contribution is -0.347. The summed E-state index contributed by atoms with van der Waals surface area (Å²) in [5.41, 5.74) is -4.10. The molecule has 1 rings (SSSR count). The lowest BCUT2D eigenvalue weighted by Crippen LogP contribution is -2.55. The Hall–Kier alpha value is -1.58. The lowest BCUT2D eigenvalue weighted by atomic mass is 9.83. The third-order valence-corrected chi connectivity index (χ3v) is 5.32. The van der Waals surface area contributed by atoms with Crippen molar-refractivity contribution in [3.05, 3.63) is 48.1 Å². The van der Waals surface area contributed by atoms with Gasteiger partial charge in [0.05, 0.1) is 12.2 Å². The van der Waals surface area contributed by atoms with Gasteiger partial charge >= 0.3 is 12.4 Å². The molecule has 0 saturated heterocycles. The van der Waals surface area contributed by atoms with Gasteiger partial charge in [-0.25, -0.2) is 0 Å². The zero-order chi connectivity index (χ0) is 24.1. The highest BCUT2D eigenvalue weighted by Crippen LogP contribution is 2.44. The largest absolute Gasteiger partial charge is 0.429 e. The number of hydrogen-bond acceptors (Lipinski definition) is 3. The summed E-state index contributed by atoms with van der Waals surface area (Å²) in [5, 5.41) is 28.6. The maximum atomic E-state index is 12.7. The Morgan fingerprint density at radius 3 is 2.16 bits per heavy atom. The molecule has 31 heavy (non-hydrogen) atoms. The van der Waals surface area contributed by atoms with E-state index in [0.717, 1.165) is 11.6 Å². The molecule has 0 radical (unpaired) electrons. The third kappa shape index (κ3) is 7.80. The summed E-state index contributed by atoms with van der Waals surface area (Å²) >= 11 is 0. The van der Waals surface area contributed by atoms with E-state index in [2.05, 4.69) is 6.58 Å². The van der Waals surface area contributed by atoms with Gasteiger partial charge in [-0.05, 0) is 54.7 Å². The van der Waals surface area contributed by atoms with E-state index >= 15 is 0 Å². The number of hydrogen-bond donors (Lipinski definition) is 3. The van der Waals surface area contributed by atoms with Crippen LogP contribution in [0.5, 0.6) is 0 Å². The Morgan fingerprint density at radius 2 is 1.61 bits per heavy atom. The van der Waals surface area contributed by atoms with Crippen LogP contribution in [0.1, 0.15) is 52.4 Å².